The number of aromatic nitrogens is 1. The first-order chi connectivity index (χ1) is 8.47. The summed E-state index contributed by atoms with van der Waals surface area (Å²) in [5.74, 6) is -1.10. The molecule has 1 aromatic heterocycles. The minimum Gasteiger partial charge on any atom is -0.480 e. The molecule has 1 unspecified atom stereocenters. The first-order valence-electron chi connectivity index (χ1n) is 5.54. The highest BCUT2D eigenvalue weighted by atomic mass is 32.1. The molecule has 0 saturated carbocycles. The number of nitrogens with two attached hydrogens (primary N) is 1. The molecule has 0 amide bonds. The Morgan fingerprint density at radius 3 is 2.89 bits per heavy atom. The van der Waals surface area contributed by atoms with Gasteiger partial charge in [-0.2, -0.15) is 5.26 Å². The predicted octanol–water partition coefficient (Wildman–Crippen LogP) is 1.36. The number of carboxylic acid groups (broad SMARTS) is 1. The highest BCUT2D eigenvalue weighted by molar-refractivity contribution is 7.13. The van der Waals surface area contributed by atoms with Gasteiger partial charge in [-0.1, -0.05) is 0 Å². The minimum absolute atomic E-state index is 0.193. The van der Waals surface area contributed by atoms with Crippen LogP contribution in [0.2, 0.25) is 0 Å². The second kappa shape index (κ2) is 6.33. The number of nitrogens with zero attached hydrogens (tertiary/aromatic N) is 3. The van der Waals surface area contributed by atoms with E-state index in [0.29, 0.717) is 23.8 Å². The van der Waals surface area contributed by atoms with Gasteiger partial charge in [0.1, 0.15) is 6.04 Å². The Balaban J connectivity index is 2.88. The number of aliphatic carboxylic acids is 1. The molecule has 18 heavy (non-hydrogen) atoms. The molecule has 0 bridgehead atoms. The lowest BCUT2D eigenvalue weighted by Crippen LogP contribution is -2.31. The van der Waals surface area contributed by atoms with Crippen LogP contribution in [-0.2, 0) is 4.79 Å². The Bertz CT molecular complexity index is 452. The van der Waals surface area contributed by atoms with E-state index in [4.69, 9.17) is 16.1 Å². The van der Waals surface area contributed by atoms with Gasteiger partial charge in [0, 0.05) is 18.0 Å². The number of nitriles is 1. The van der Waals surface area contributed by atoms with Crippen LogP contribution in [0.5, 0.6) is 0 Å². The van der Waals surface area contributed by atoms with E-state index in [2.05, 4.69) is 11.1 Å². The standard InChI is InChI=1S/C11H16N4O2S/c1-7(2)15(5-3-4-12)11-14-8(6-18-11)9(13)10(16)17/h6-7,9H,3,5,13H2,1-2H3,(H,16,17). The minimum atomic E-state index is -1.10. The van der Waals surface area contributed by atoms with E-state index in [1.807, 2.05) is 18.7 Å². The van der Waals surface area contributed by atoms with Crippen LogP contribution < -0.4 is 10.6 Å². The van der Waals surface area contributed by atoms with Crippen molar-refractivity contribution in [3.05, 3.63) is 11.1 Å². The van der Waals surface area contributed by atoms with Crippen molar-refractivity contribution in [2.75, 3.05) is 11.4 Å². The van der Waals surface area contributed by atoms with Gasteiger partial charge in [0.05, 0.1) is 18.2 Å². The molecule has 0 saturated heterocycles. The Morgan fingerprint density at radius 1 is 1.72 bits per heavy atom. The van der Waals surface area contributed by atoms with Crippen LogP contribution in [0.4, 0.5) is 5.13 Å². The van der Waals surface area contributed by atoms with Crippen LogP contribution >= 0.6 is 11.3 Å². The van der Waals surface area contributed by atoms with Crippen LogP contribution in [0.3, 0.4) is 0 Å². The summed E-state index contributed by atoms with van der Waals surface area (Å²) >= 11 is 1.34. The maximum atomic E-state index is 10.8. The number of carboxylic acids is 1. The van der Waals surface area contributed by atoms with Gasteiger partial charge in [0.25, 0.3) is 0 Å². The summed E-state index contributed by atoms with van der Waals surface area (Å²) in [4.78, 5) is 17.0. The second-order valence-corrected chi connectivity index (χ2v) is 4.90. The van der Waals surface area contributed by atoms with Gasteiger partial charge in [-0.15, -0.1) is 11.3 Å². The fraction of sp³-hybridized carbons (Fsp3) is 0.545. The molecule has 1 atom stereocenters. The second-order valence-electron chi connectivity index (χ2n) is 4.07. The van der Waals surface area contributed by atoms with Crippen molar-refractivity contribution in [3.8, 4) is 6.07 Å². The average molecular weight is 268 g/mol. The van der Waals surface area contributed by atoms with E-state index in [1.165, 1.54) is 11.3 Å². The van der Waals surface area contributed by atoms with Gasteiger partial charge in [-0.05, 0) is 13.8 Å². The summed E-state index contributed by atoms with van der Waals surface area (Å²) in [7, 11) is 0. The lowest BCUT2D eigenvalue weighted by Gasteiger charge is -2.24. The summed E-state index contributed by atoms with van der Waals surface area (Å²) < 4.78 is 0. The molecule has 1 heterocycles. The molecule has 98 valence electrons. The average Bonchev–Trinajstić information content (AvgIpc) is 2.77. The van der Waals surface area contributed by atoms with E-state index in [1.54, 1.807) is 5.38 Å². The molecule has 0 spiro atoms. The summed E-state index contributed by atoms with van der Waals surface area (Å²) in [6, 6.07) is 1.18. The molecule has 6 nitrogen and oxygen atoms in total. The number of rotatable bonds is 6. The summed E-state index contributed by atoms with van der Waals surface area (Å²) in [5.41, 5.74) is 5.85. The SMILES string of the molecule is CC(C)N(CCC#N)c1nc(C(N)C(=O)O)cs1. The molecule has 7 heteroatoms. The number of hydrogen-bond donors (Lipinski definition) is 2. The fourth-order valence-electron chi connectivity index (χ4n) is 1.42. The molecule has 0 aliphatic heterocycles. The third-order valence-corrected chi connectivity index (χ3v) is 3.32. The van der Waals surface area contributed by atoms with Gasteiger partial charge >= 0.3 is 5.97 Å². The van der Waals surface area contributed by atoms with Crippen molar-refractivity contribution < 1.29 is 9.90 Å². The van der Waals surface area contributed by atoms with Crippen molar-refractivity contribution in [2.24, 2.45) is 5.73 Å². The van der Waals surface area contributed by atoms with E-state index in [9.17, 15) is 4.79 Å². The highest BCUT2D eigenvalue weighted by Crippen LogP contribution is 2.25. The largest absolute Gasteiger partial charge is 0.480 e. The molecule has 0 aliphatic carbocycles. The van der Waals surface area contributed by atoms with Crippen molar-refractivity contribution in [1.82, 2.24) is 4.98 Å². The zero-order chi connectivity index (χ0) is 13.7. The van der Waals surface area contributed by atoms with Crippen LogP contribution in [0, 0.1) is 11.3 Å². The Morgan fingerprint density at radius 2 is 2.39 bits per heavy atom. The van der Waals surface area contributed by atoms with E-state index in [0.717, 1.165) is 0 Å². The molecule has 1 rings (SSSR count). The maximum Gasteiger partial charge on any atom is 0.326 e. The zero-order valence-corrected chi connectivity index (χ0v) is 11.1. The Labute approximate surface area is 110 Å². The summed E-state index contributed by atoms with van der Waals surface area (Å²) in [5, 5.41) is 19.8. The number of hydrogen-bond acceptors (Lipinski definition) is 6. The van der Waals surface area contributed by atoms with Crippen molar-refractivity contribution in [2.45, 2.75) is 32.4 Å². The molecule has 0 radical (unpaired) electrons. The van der Waals surface area contributed by atoms with E-state index in [-0.39, 0.29) is 6.04 Å². The lowest BCUT2D eigenvalue weighted by atomic mass is 10.2. The quantitative estimate of drug-likeness (QED) is 0.807. The molecule has 1 aromatic rings. The molecule has 0 aromatic carbocycles. The third kappa shape index (κ3) is 3.42. The fourth-order valence-corrected chi connectivity index (χ4v) is 2.44. The van der Waals surface area contributed by atoms with Crippen LogP contribution in [0.25, 0.3) is 0 Å². The van der Waals surface area contributed by atoms with Crippen LogP contribution in [-0.4, -0.2) is 28.6 Å². The number of carbonyl (C=O) groups is 1. The monoisotopic (exact) mass is 268 g/mol. The van der Waals surface area contributed by atoms with Crippen LogP contribution in [0.1, 0.15) is 32.0 Å². The Hall–Kier alpha value is -1.65. The lowest BCUT2D eigenvalue weighted by molar-refractivity contribution is -0.138. The van der Waals surface area contributed by atoms with Gasteiger partial charge in [-0.25, -0.2) is 4.98 Å². The normalized spacial score (nSPS) is 12.2. The Kier molecular flexibility index (Phi) is 5.07. The number of thiazole rings is 1. The molecule has 0 fully saturated rings. The summed E-state index contributed by atoms with van der Waals surface area (Å²) in [6.07, 6.45) is 0.401. The number of anilines is 1. The predicted molar refractivity (Wildman–Crippen MR) is 69.4 cm³/mol. The summed E-state index contributed by atoms with van der Waals surface area (Å²) in [6.45, 7) is 4.56. The first kappa shape index (κ1) is 14.4. The topological polar surface area (TPSA) is 103 Å². The maximum absolute atomic E-state index is 10.8. The molecular formula is C11H16N4O2S. The van der Waals surface area contributed by atoms with Crippen molar-refractivity contribution >= 4 is 22.4 Å². The van der Waals surface area contributed by atoms with Gasteiger partial charge in [0.2, 0.25) is 0 Å². The van der Waals surface area contributed by atoms with Crippen LogP contribution in [0.15, 0.2) is 5.38 Å². The highest BCUT2D eigenvalue weighted by Gasteiger charge is 2.20. The van der Waals surface area contributed by atoms with Gasteiger partial charge < -0.3 is 15.7 Å². The molecular weight excluding hydrogens is 252 g/mol. The van der Waals surface area contributed by atoms with Crippen molar-refractivity contribution in [1.29, 1.82) is 5.26 Å². The first-order valence-corrected chi connectivity index (χ1v) is 6.42. The smallest absolute Gasteiger partial charge is 0.326 e. The zero-order valence-electron chi connectivity index (χ0n) is 10.3. The molecule has 0 aliphatic rings. The van der Waals surface area contributed by atoms with Gasteiger partial charge in [0.15, 0.2) is 5.13 Å². The van der Waals surface area contributed by atoms with Crippen molar-refractivity contribution in [3.63, 3.8) is 0 Å². The van der Waals surface area contributed by atoms with E-state index >= 15 is 0 Å². The van der Waals surface area contributed by atoms with E-state index < -0.39 is 12.0 Å². The third-order valence-electron chi connectivity index (χ3n) is 2.43. The molecule has 3 N–H and O–H groups in total. The van der Waals surface area contributed by atoms with Gasteiger partial charge in [-0.3, -0.25) is 4.79 Å².